The summed E-state index contributed by atoms with van der Waals surface area (Å²) in [5.74, 6) is 0.196. The zero-order chi connectivity index (χ0) is 28.0. The second-order valence-electron chi connectivity index (χ2n) is 10.7. The van der Waals surface area contributed by atoms with E-state index >= 15 is 0 Å². The highest BCUT2D eigenvalue weighted by molar-refractivity contribution is 5.72. The molecule has 4 rings (SSSR count). The molecule has 1 saturated heterocycles. The average Bonchev–Trinajstić information content (AvgIpc) is 2.89. The second kappa shape index (κ2) is 12.2. The van der Waals surface area contributed by atoms with Crippen LogP contribution >= 0.6 is 0 Å². The van der Waals surface area contributed by atoms with E-state index in [0.29, 0.717) is 25.6 Å². The van der Waals surface area contributed by atoms with Gasteiger partial charge in [0.1, 0.15) is 5.60 Å². The molecule has 0 radical (unpaired) electrons. The number of rotatable bonds is 8. The van der Waals surface area contributed by atoms with Gasteiger partial charge in [-0.15, -0.1) is 0 Å². The molecule has 10 nitrogen and oxygen atoms in total. The van der Waals surface area contributed by atoms with Gasteiger partial charge in [-0.2, -0.15) is 0 Å². The molecule has 1 aromatic heterocycles. The van der Waals surface area contributed by atoms with Gasteiger partial charge in [-0.3, -0.25) is 9.69 Å². The number of hydrogen-bond donors (Lipinski definition) is 3. The summed E-state index contributed by atoms with van der Waals surface area (Å²) in [6.07, 6.45) is 2.64. The first kappa shape index (κ1) is 28.0. The molecule has 0 saturated carbocycles. The molecule has 39 heavy (non-hydrogen) atoms. The number of hydrogen-bond acceptors (Lipinski definition) is 8. The predicted molar refractivity (Wildman–Crippen MR) is 150 cm³/mol. The predicted octanol–water partition coefficient (Wildman–Crippen LogP) is 4.29. The average molecular weight is 533 g/mol. The minimum atomic E-state index is -0.895. The molecule has 1 aliphatic rings. The number of nitrogens with one attached hydrogen (secondary N) is 2. The number of nitrogens with zero attached hydrogens (tertiary/aromatic N) is 4. The number of carbonyl (C=O) groups is 2. The summed E-state index contributed by atoms with van der Waals surface area (Å²) in [5, 5.41) is 15.9. The molecule has 1 aliphatic heterocycles. The maximum Gasteiger partial charge on any atom is 0.407 e. The number of amides is 1. The molecule has 1 unspecified atom stereocenters. The Balaban J connectivity index is 1.31. The minimum Gasteiger partial charge on any atom is -0.465 e. The monoisotopic (exact) mass is 532 g/mol. The molecule has 206 valence electrons. The fourth-order valence-electron chi connectivity index (χ4n) is 4.39. The van der Waals surface area contributed by atoms with Gasteiger partial charge in [0, 0.05) is 49.8 Å². The number of aromatic nitrogens is 2. The zero-order valence-electron chi connectivity index (χ0n) is 22.8. The Bertz CT molecular complexity index is 1260. The van der Waals surface area contributed by atoms with Gasteiger partial charge >= 0.3 is 12.1 Å². The van der Waals surface area contributed by atoms with E-state index in [9.17, 15) is 14.7 Å². The summed E-state index contributed by atoms with van der Waals surface area (Å²) >= 11 is 0. The first-order chi connectivity index (χ1) is 18.6. The number of esters is 1. The third-order valence-corrected chi connectivity index (χ3v) is 6.34. The van der Waals surface area contributed by atoms with Crippen molar-refractivity contribution in [3.63, 3.8) is 0 Å². The Hall–Kier alpha value is -4.02. The summed E-state index contributed by atoms with van der Waals surface area (Å²) in [7, 11) is 2.00. The highest BCUT2D eigenvalue weighted by Crippen LogP contribution is 2.27. The van der Waals surface area contributed by atoms with Gasteiger partial charge in [-0.05, 0) is 56.6 Å². The van der Waals surface area contributed by atoms with E-state index in [1.54, 1.807) is 12.4 Å². The van der Waals surface area contributed by atoms with Crippen LogP contribution in [0.1, 0.15) is 37.9 Å². The molecule has 0 aliphatic carbocycles. The molecule has 1 amide bonds. The molecule has 0 spiro atoms. The molecule has 10 heteroatoms. The number of carboxylic acid groups (broad SMARTS) is 1. The number of anilines is 2. The van der Waals surface area contributed by atoms with Gasteiger partial charge in [-0.1, -0.05) is 36.4 Å². The van der Waals surface area contributed by atoms with Crippen molar-refractivity contribution in [3.05, 3.63) is 72.1 Å². The number of benzene rings is 2. The van der Waals surface area contributed by atoms with Crippen molar-refractivity contribution in [1.29, 1.82) is 0 Å². The van der Waals surface area contributed by atoms with Crippen LogP contribution in [-0.4, -0.2) is 75.8 Å². The molecular formula is C29H36N6O4. The van der Waals surface area contributed by atoms with Gasteiger partial charge in [-0.25, -0.2) is 14.8 Å². The Morgan fingerprint density at radius 1 is 1.00 bits per heavy atom. The lowest BCUT2D eigenvalue weighted by Gasteiger charge is -2.38. The summed E-state index contributed by atoms with van der Waals surface area (Å²) in [6.45, 7) is 8.14. The third-order valence-electron chi connectivity index (χ3n) is 6.34. The fourth-order valence-corrected chi connectivity index (χ4v) is 4.39. The summed E-state index contributed by atoms with van der Waals surface area (Å²) in [4.78, 5) is 36.0. The SMILES string of the molecule is CN1CCN(C(=O)O)C(c2ccc(Nc3ncc(-c4ccc(CNCC(=O)OC(C)(C)C)cc4)cn3)cc2)C1. The van der Waals surface area contributed by atoms with Crippen molar-refractivity contribution < 1.29 is 19.4 Å². The standard InChI is InChI=1S/C29H36N6O4/c1-29(2,3)39-26(36)18-30-15-20-5-7-21(8-6-20)23-16-31-27(32-17-23)33-24-11-9-22(10-12-24)25-19-34(4)13-14-35(25)28(37)38/h5-12,16-17,25,30H,13-15,18-19H2,1-4H3,(H,37,38)(H,31,32,33). The van der Waals surface area contributed by atoms with Crippen molar-refractivity contribution in [3.8, 4) is 11.1 Å². The van der Waals surface area contributed by atoms with Crippen molar-refractivity contribution in [2.24, 2.45) is 0 Å². The van der Waals surface area contributed by atoms with Crippen molar-refractivity contribution >= 4 is 23.7 Å². The van der Waals surface area contributed by atoms with Crippen LogP contribution in [0.25, 0.3) is 11.1 Å². The number of ether oxygens (including phenoxy) is 1. The quantitative estimate of drug-likeness (QED) is 0.365. The Kier molecular flexibility index (Phi) is 8.78. The van der Waals surface area contributed by atoms with Crippen LogP contribution < -0.4 is 10.6 Å². The van der Waals surface area contributed by atoms with Gasteiger partial charge in [0.2, 0.25) is 5.95 Å². The lowest BCUT2D eigenvalue weighted by molar-refractivity contribution is -0.153. The fraction of sp³-hybridized carbons (Fsp3) is 0.379. The Morgan fingerprint density at radius 2 is 1.67 bits per heavy atom. The van der Waals surface area contributed by atoms with Gasteiger partial charge < -0.3 is 25.4 Å². The van der Waals surface area contributed by atoms with Crippen LogP contribution in [0.15, 0.2) is 60.9 Å². The van der Waals surface area contributed by atoms with E-state index in [1.807, 2.05) is 76.3 Å². The van der Waals surface area contributed by atoms with Gasteiger partial charge in [0.25, 0.3) is 0 Å². The van der Waals surface area contributed by atoms with E-state index < -0.39 is 11.7 Å². The van der Waals surface area contributed by atoms with E-state index in [2.05, 4.69) is 25.5 Å². The molecule has 3 aromatic rings. The highest BCUT2D eigenvalue weighted by Gasteiger charge is 2.30. The van der Waals surface area contributed by atoms with Crippen molar-refractivity contribution in [1.82, 2.24) is 25.1 Å². The summed E-state index contributed by atoms with van der Waals surface area (Å²) < 4.78 is 5.30. The normalized spacial score (nSPS) is 16.1. The number of piperazine rings is 1. The second-order valence-corrected chi connectivity index (χ2v) is 10.7. The Labute approximate surface area is 229 Å². The topological polar surface area (TPSA) is 120 Å². The molecule has 2 aromatic carbocycles. The lowest BCUT2D eigenvalue weighted by atomic mass is 10.0. The number of likely N-dealkylation sites (N-methyl/N-ethyl adjacent to an activating group) is 1. The maximum atomic E-state index is 11.8. The lowest BCUT2D eigenvalue weighted by Crippen LogP contribution is -2.48. The molecule has 2 heterocycles. The van der Waals surface area contributed by atoms with E-state index in [1.165, 1.54) is 4.90 Å². The summed E-state index contributed by atoms with van der Waals surface area (Å²) in [6, 6.07) is 15.5. The first-order valence-electron chi connectivity index (χ1n) is 13.0. The van der Waals surface area contributed by atoms with Crippen LogP contribution in [-0.2, 0) is 16.1 Å². The van der Waals surface area contributed by atoms with Crippen molar-refractivity contribution in [2.45, 2.75) is 39.0 Å². The van der Waals surface area contributed by atoms with E-state index in [0.717, 1.165) is 34.5 Å². The van der Waals surface area contributed by atoms with Crippen LogP contribution in [0.4, 0.5) is 16.4 Å². The molecule has 1 fully saturated rings. The van der Waals surface area contributed by atoms with E-state index in [-0.39, 0.29) is 18.6 Å². The van der Waals surface area contributed by atoms with Crippen molar-refractivity contribution in [2.75, 3.05) is 38.5 Å². The third kappa shape index (κ3) is 7.98. The Morgan fingerprint density at radius 3 is 2.28 bits per heavy atom. The molecular weight excluding hydrogens is 496 g/mol. The molecule has 0 bridgehead atoms. The number of carbonyl (C=O) groups excluding carboxylic acids is 1. The van der Waals surface area contributed by atoms with Crippen LogP contribution in [0.3, 0.4) is 0 Å². The largest absolute Gasteiger partial charge is 0.465 e. The first-order valence-corrected chi connectivity index (χ1v) is 13.0. The summed E-state index contributed by atoms with van der Waals surface area (Å²) in [5.41, 5.74) is 4.21. The maximum absolute atomic E-state index is 11.8. The van der Waals surface area contributed by atoms with Gasteiger partial charge in [0.15, 0.2) is 0 Å². The van der Waals surface area contributed by atoms with Crippen LogP contribution in [0, 0.1) is 0 Å². The van der Waals surface area contributed by atoms with Crippen LogP contribution in [0.5, 0.6) is 0 Å². The molecule has 3 N–H and O–H groups in total. The smallest absolute Gasteiger partial charge is 0.407 e. The van der Waals surface area contributed by atoms with E-state index in [4.69, 9.17) is 4.74 Å². The zero-order valence-corrected chi connectivity index (χ0v) is 22.8. The highest BCUT2D eigenvalue weighted by atomic mass is 16.6. The molecule has 1 atom stereocenters. The van der Waals surface area contributed by atoms with Gasteiger partial charge in [0.05, 0.1) is 12.6 Å². The minimum absolute atomic E-state index is 0.156. The van der Waals surface area contributed by atoms with Crippen LogP contribution in [0.2, 0.25) is 0 Å².